The zero-order valence-electron chi connectivity index (χ0n) is 22.4. The van der Waals surface area contributed by atoms with Crippen LogP contribution in [0.25, 0.3) is 11.2 Å². The first-order valence-corrected chi connectivity index (χ1v) is 14.6. The number of carbonyl (C=O) groups excluding carboxylic acids is 1. The van der Waals surface area contributed by atoms with Gasteiger partial charge in [0.05, 0.1) is 31.5 Å². The molecular formula is C23H36ClN6O7P. The van der Waals surface area contributed by atoms with Gasteiger partial charge in [-0.2, -0.15) is 9.97 Å². The Hall–Kier alpha value is -2.02. The Labute approximate surface area is 226 Å². The number of ether oxygens (including phenoxy) is 3. The zero-order valence-corrected chi connectivity index (χ0v) is 24.1. The molecule has 15 heteroatoms. The lowest BCUT2D eigenvalue weighted by molar-refractivity contribution is -0.148. The van der Waals surface area contributed by atoms with Crippen LogP contribution in [0.2, 0.25) is 0 Å². The summed E-state index contributed by atoms with van der Waals surface area (Å²) in [5, 5.41) is 2.96. The van der Waals surface area contributed by atoms with E-state index in [2.05, 4.69) is 20.0 Å². The van der Waals surface area contributed by atoms with E-state index in [0.29, 0.717) is 24.2 Å². The maximum absolute atomic E-state index is 13.7. The molecule has 0 spiro atoms. The normalized spacial score (nSPS) is 30.1. The largest absolute Gasteiger partial charge is 0.476 e. The number of alkyl halides is 1. The molecule has 38 heavy (non-hydrogen) atoms. The molecule has 2 aliphatic heterocycles. The Bertz CT molecular complexity index is 1210. The summed E-state index contributed by atoms with van der Waals surface area (Å²) in [7, 11) is -3.83. The first-order chi connectivity index (χ1) is 17.8. The summed E-state index contributed by atoms with van der Waals surface area (Å²) in [6, 6.07) is -0.450. The molecule has 2 fully saturated rings. The molecule has 0 aliphatic carbocycles. The van der Waals surface area contributed by atoms with Gasteiger partial charge in [0.25, 0.3) is 0 Å². The number of carbonyl (C=O) groups is 1. The van der Waals surface area contributed by atoms with Gasteiger partial charge in [0.2, 0.25) is 11.8 Å². The summed E-state index contributed by atoms with van der Waals surface area (Å²) in [4.78, 5) is 23.6. The number of imidazole rings is 1. The molecular weight excluding hydrogens is 539 g/mol. The minimum atomic E-state index is -3.83. The number of aromatic nitrogens is 4. The fraction of sp³-hybridized carbons (Fsp3) is 0.739. The van der Waals surface area contributed by atoms with E-state index in [9.17, 15) is 9.36 Å². The van der Waals surface area contributed by atoms with E-state index in [1.165, 1.54) is 6.33 Å². The summed E-state index contributed by atoms with van der Waals surface area (Å²) in [6.45, 7) is 11.5. The van der Waals surface area contributed by atoms with Crippen molar-refractivity contribution in [1.82, 2.24) is 24.6 Å². The van der Waals surface area contributed by atoms with Crippen molar-refractivity contribution < 1.29 is 32.6 Å². The highest BCUT2D eigenvalue weighted by Gasteiger charge is 2.60. The number of nitrogen functional groups attached to an aromatic ring is 1. The highest BCUT2D eigenvalue weighted by molar-refractivity contribution is 7.51. The van der Waals surface area contributed by atoms with Crippen molar-refractivity contribution in [2.75, 3.05) is 25.6 Å². The molecule has 4 rings (SSSR count). The lowest BCUT2D eigenvalue weighted by Crippen LogP contribution is -2.47. The Kier molecular flexibility index (Phi) is 8.56. The summed E-state index contributed by atoms with van der Waals surface area (Å²) < 4.78 is 44.2. The second-order valence-electron chi connectivity index (χ2n) is 10.4. The van der Waals surface area contributed by atoms with Crippen LogP contribution in [0.1, 0.15) is 54.2 Å². The Morgan fingerprint density at radius 3 is 2.76 bits per heavy atom. The maximum Gasteiger partial charge on any atom is 0.406 e. The predicted molar refractivity (Wildman–Crippen MR) is 140 cm³/mol. The van der Waals surface area contributed by atoms with Crippen LogP contribution in [0.3, 0.4) is 0 Å². The number of halogens is 1. The first-order valence-electron chi connectivity index (χ1n) is 12.7. The average molecular weight is 575 g/mol. The van der Waals surface area contributed by atoms with Crippen molar-refractivity contribution >= 4 is 42.4 Å². The van der Waals surface area contributed by atoms with Gasteiger partial charge >= 0.3 is 13.7 Å². The first kappa shape index (κ1) is 29.0. The SMILES string of the molecule is CCOc1nc(N)nc2c1ncn2[C@@H]1O[C@@H]2CO[P@@](=O)(N[C@H](COC(=O)C(C)C)CC(C)C)OC2[C@@]1(C)Cl. The third kappa shape index (κ3) is 5.93. The van der Waals surface area contributed by atoms with Crippen LogP contribution in [0.4, 0.5) is 5.95 Å². The molecule has 6 atom stereocenters. The van der Waals surface area contributed by atoms with Crippen molar-refractivity contribution in [2.45, 2.75) is 77.3 Å². The van der Waals surface area contributed by atoms with Crippen LogP contribution >= 0.6 is 19.3 Å². The Morgan fingerprint density at radius 2 is 2.11 bits per heavy atom. The summed E-state index contributed by atoms with van der Waals surface area (Å²) in [5.41, 5.74) is 6.69. The third-order valence-electron chi connectivity index (χ3n) is 6.28. The average Bonchev–Trinajstić information content (AvgIpc) is 3.34. The molecule has 212 valence electrons. The molecule has 0 radical (unpaired) electrons. The molecule has 0 aromatic carbocycles. The molecule has 0 amide bonds. The third-order valence-corrected chi connectivity index (χ3v) is 8.35. The quantitative estimate of drug-likeness (QED) is 0.242. The van der Waals surface area contributed by atoms with Crippen LogP contribution in [0.15, 0.2) is 6.33 Å². The molecule has 13 nitrogen and oxygen atoms in total. The fourth-order valence-electron chi connectivity index (χ4n) is 4.54. The molecule has 0 bridgehead atoms. The monoisotopic (exact) mass is 574 g/mol. The molecule has 2 aromatic heterocycles. The van der Waals surface area contributed by atoms with Gasteiger partial charge in [-0.25, -0.2) is 14.6 Å². The van der Waals surface area contributed by atoms with Crippen molar-refractivity contribution in [2.24, 2.45) is 11.8 Å². The number of anilines is 1. The zero-order chi connectivity index (χ0) is 27.8. The number of fused-ring (bicyclic) bond motifs is 2. The Morgan fingerprint density at radius 1 is 1.37 bits per heavy atom. The van der Waals surface area contributed by atoms with Crippen LogP contribution < -0.4 is 15.6 Å². The molecule has 2 aliphatic rings. The summed E-state index contributed by atoms with van der Waals surface area (Å²) >= 11 is 7.05. The van der Waals surface area contributed by atoms with E-state index in [4.69, 9.17) is 40.6 Å². The van der Waals surface area contributed by atoms with Gasteiger partial charge in [-0.3, -0.25) is 18.4 Å². The lowest BCUT2D eigenvalue weighted by Gasteiger charge is -2.36. The standard InChI is InChI=1S/C23H36ClN6O7P/c1-7-33-19-16-18(27-22(25)28-19)30(11-26-16)21-23(6,24)17-15(36-21)10-35-38(32,37-17)29-14(8-12(2)3)9-34-20(31)13(4)5/h11-15,17,21H,7-10H2,1-6H3,(H,29,32)(H2,25,27,28)/t14-,15+,17?,21+,23+,38-/m0/s1. The van der Waals surface area contributed by atoms with Crippen molar-refractivity contribution in [3.8, 4) is 5.88 Å². The molecule has 4 heterocycles. The summed E-state index contributed by atoms with van der Waals surface area (Å²) in [5.74, 6) is -0.116. The van der Waals surface area contributed by atoms with Gasteiger partial charge in [-0.15, -0.1) is 11.6 Å². The van der Waals surface area contributed by atoms with Gasteiger partial charge in [0.1, 0.15) is 23.7 Å². The number of nitrogens with two attached hydrogens (primary N) is 1. The number of esters is 1. The van der Waals surface area contributed by atoms with Gasteiger partial charge in [-0.05, 0) is 26.2 Å². The van der Waals surface area contributed by atoms with Gasteiger partial charge in [-0.1, -0.05) is 27.7 Å². The molecule has 2 saturated heterocycles. The van der Waals surface area contributed by atoms with Gasteiger partial charge in [0, 0.05) is 0 Å². The highest BCUT2D eigenvalue weighted by Crippen LogP contribution is 2.58. The fourth-order valence-corrected chi connectivity index (χ4v) is 6.77. The number of nitrogens with one attached hydrogen (secondary N) is 1. The minimum absolute atomic E-state index is 0.0111. The van der Waals surface area contributed by atoms with E-state index in [0.717, 1.165) is 0 Å². The predicted octanol–water partition coefficient (Wildman–Crippen LogP) is 3.43. The van der Waals surface area contributed by atoms with E-state index in [1.807, 2.05) is 20.8 Å². The lowest BCUT2D eigenvalue weighted by atomic mass is 10.0. The smallest absolute Gasteiger partial charge is 0.406 e. The van der Waals surface area contributed by atoms with Crippen molar-refractivity contribution in [1.29, 1.82) is 0 Å². The van der Waals surface area contributed by atoms with Crippen molar-refractivity contribution in [3.05, 3.63) is 6.33 Å². The minimum Gasteiger partial charge on any atom is -0.476 e. The number of rotatable bonds is 10. The number of nitrogens with zero attached hydrogens (tertiary/aromatic N) is 4. The topological polar surface area (TPSA) is 162 Å². The second kappa shape index (κ2) is 11.2. The van der Waals surface area contributed by atoms with E-state index in [-0.39, 0.29) is 42.8 Å². The highest BCUT2D eigenvalue weighted by atomic mass is 35.5. The van der Waals surface area contributed by atoms with E-state index < -0.39 is 37.1 Å². The van der Waals surface area contributed by atoms with Crippen molar-refractivity contribution in [3.63, 3.8) is 0 Å². The van der Waals surface area contributed by atoms with E-state index >= 15 is 0 Å². The number of hydrogen-bond acceptors (Lipinski definition) is 11. The Balaban J connectivity index is 1.55. The van der Waals surface area contributed by atoms with Gasteiger partial charge < -0.3 is 19.9 Å². The number of hydrogen-bond donors (Lipinski definition) is 2. The molecule has 1 unspecified atom stereocenters. The van der Waals surface area contributed by atoms with Gasteiger partial charge in [0.15, 0.2) is 17.4 Å². The van der Waals surface area contributed by atoms with Crippen LogP contribution in [0, 0.1) is 11.8 Å². The molecule has 3 N–H and O–H groups in total. The second-order valence-corrected chi connectivity index (χ2v) is 12.9. The summed E-state index contributed by atoms with van der Waals surface area (Å²) in [6.07, 6.45) is -0.123. The maximum atomic E-state index is 13.7. The van der Waals surface area contributed by atoms with Crippen LogP contribution in [-0.2, 0) is 27.9 Å². The molecule has 2 aromatic rings. The van der Waals surface area contributed by atoms with E-state index in [1.54, 1.807) is 25.3 Å². The van der Waals surface area contributed by atoms with Crippen LogP contribution in [-0.4, -0.2) is 68.4 Å². The molecule has 0 saturated carbocycles. The van der Waals surface area contributed by atoms with Crippen LogP contribution in [0.5, 0.6) is 5.88 Å².